The van der Waals surface area contributed by atoms with Crippen molar-refractivity contribution < 1.29 is 8.42 Å². The van der Waals surface area contributed by atoms with Crippen LogP contribution in [0.5, 0.6) is 0 Å². The molecule has 5 heteroatoms. The number of hydrogen-bond donors (Lipinski definition) is 0. The Morgan fingerprint density at radius 2 is 1.94 bits per heavy atom. The minimum atomic E-state index is -3.16. The number of aryl methyl sites for hydroxylation is 1. The van der Waals surface area contributed by atoms with E-state index in [1.165, 1.54) is 0 Å². The Morgan fingerprint density at radius 1 is 1.38 bits per heavy atom. The van der Waals surface area contributed by atoms with Crippen LogP contribution in [0, 0.1) is 0 Å². The third-order valence-corrected chi connectivity index (χ3v) is 5.01. The second kappa shape index (κ2) is 3.32. The summed E-state index contributed by atoms with van der Waals surface area (Å²) >= 11 is 0. The molecule has 0 aromatic carbocycles. The van der Waals surface area contributed by atoms with Gasteiger partial charge in [0.25, 0.3) is 0 Å². The molecule has 0 saturated heterocycles. The molecule has 1 aromatic heterocycles. The lowest BCUT2D eigenvalue weighted by Gasteiger charge is -2.17. The van der Waals surface area contributed by atoms with Crippen LogP contribution in [0.25, 0.3) is 0 Å². The SMILES string of the molecule is Cn1nc(S(=O)(=O)C2CC2)cc1C(C)(C)C. The van der Waals surface area contributed by atoms with Crippen LogP contribution in [0.1, 0.15) is 39.3 Å². The highest BCUT2D eigenvalue weighted by Crippen LogP contribution is 2.34. The largest absolute Gasteiger partial charge is 0.271 e. The number of aromatic nitrogens is 2. The highest BCUT2D eigenvalue weighted by Gasteiger charge is 2.39. The molecule has 16 heavy (non-hydrogen) atoms. The molecule has 1 aliphatic rings. The molecule has 2 rings (SSSR count). The molecule has 0 atom stereocenters. The van der Waals surface area contributed by atoms with Gasteiger partial charge >= 0.3 is 0 Å². The summed E-state index contributed by atoms with van der Waals surface area (Å²) in [7, 11) is -1.36. The molecule has 0 amide bonds. The molecule has 0 spiro atoms. The molecule has 4 nitrogen and oxygen atoms in total. The van der Waals surface area contributed by atoms with Crippen molar-refractivity contribution in [2.45, 2.75) is 49.3 Å². The first kappa shape index (κ1) is 11.6. The Kier molecular flexibility index (Phi) is 2.42. The molecule has 1 fully saturated rings. The van der Waals surface area contributed by atoms with Gasteiger partial charge in [-0.05, 0) is 18.9 Å². The first-order chi connectivity index (χ1) is 7.23. The molecule has 0 aliphatic heterocycles. The van der Waals surface area contributed by atoms with E-state index >= 15 is 0 Å². The minimum Gasteiger partial charge on any atom is -0.271 e. The van der Waals surface area contributed by atoms with Gasteiger partial charge in [-0.3, -0.25) is 4.68 Å². The molecular weight excluding hydrogens is 224 g/mol. The fourth-order valence-electron chi connectivity index (χ4n) is 1.83. The maximum atomic E-state index is 12.0. The summed E-state index contributed by atoms with van der Waals surface area (Å²) in [6, 6.07) is 1.72. The van der Waals surface area contributed by atoms with Crippen LogP contribution in [0.4, 0.5) is 0 Å². The van der Waals surface area contributed by atoms with Crippen LogP contribution >= 0.6 is 0 Å². The van der Waals surface area contributed by atoms with Crippen molar-refractivity contribution in [1.29, 1.82) is 0 Å². The highest BCUT2D eigenvalue weighted by atomic mass is 32.2. The van der Waals surface area contributed by atoms with Crippen LogP contribution in [0.2, 0.25) is 0 Å². The number of sulfone groups is 1. The van der Waals surface area contributed by atoms with E-state index in [2.05, 4.69) is 25.9 Å². The third kappa shape index (κ3) is 1.88. The van der Waals surface area contributed by atoms with E-state index < -0.39 is 9.84 Å². The summed E-state index contributed by atoms with van der Waals surface area (Å²) in [4.78, 5) is 0. The Balaban J connectivity index is 2.46. The standard InChI is InChI=1S/C11H18N2O2S/c1-11(2,3)9-7-10(12-13(9)4)16(14,15)8-5-6-8/h7-8H,5-6H2,1-4H3. The fourth-order valence-corrected chi connectivity index (χ4v) is 3.44. The zero-order valence-corrected chi connectivity index (χ0v) is 11.0. The molecule has 0 unspecified atom stereocenters. The van der Waals surface area contributed by atoms with Crippen molar-refractivity contribution in [3.05, 3.63) is 11.8 Å². The van der Waals surface area contributed by atoms with Crippen molar-refractivity contribution in [3.8, 4) is 0 Å². The molecule has 1 aromatic rings. The van der Waals surface area contributed by atoms with Crippen molar-refractivity contribution in [1.82, 2.24) is 9.78 Å². The summed E-state index contributed by atoms with van der Waals surface area (Å²) in [6.07, 6.45) is 1.56. The average Bonchev–Trinajstić information content (AvgIpc) is 2.88. The van der Waals surface area contributed by atoms with Gasteiger partial charge in [-0.15, -0.1) is 0 Å². The molecule has 1 saturated carbocycles. The van der Waals surface area contributed by atoms with E-state index in [1.54, 1.807) is 17.8 Å². The normalized spacial score (nSPS) is 17.8. The summed E-state index contributed by atoms with van der Waals surface area (Å²) in [5, 5.41) is 4.19. The van der Waals surface area contributed by atoms with E-state index in [0.717, 1.165) is 18.5 Å². The quantitative estimate of drug-likeness (QED) is 0.792. The van der Waals surface area contributed by atoms with Crippen molar-refractivity contribution in [2.24, 2.45) is 7.05 Å². The van der Waals surface area contributed by atoms with Crippen molar-refractivity contribution in [3.63, 3.8) is 0 Å². The maximum Gasteiger partial charge on any atom is 0.200 e. The molecule has 1 heterocycles. The Bertz CT molecular complexity index is 505. The number of rotatable bonds is 2. The van der Waals surface area contributed by atoms with Crippen molar-refractivity contribution >= 4 is 9.84 Å². The first-order valence-corrected chi connectivity index (χ1v) is 7.06. The second-order valence-electron chi connectivity index (χ2n) is 5.49. The monoisotopic (exact) mass is 242 g/mol. The van der Waals surface area contributed by atoms with Crippen LogP contribution < -0.4 is 0 Å². The average molecular weight is 242 g/mol. The van der Waals surface area contributed by atoms with Gasteiger partial charge in [-0.1, -0.05) is 20.8 Å². The molecule has 90 valence electrons. The second-order valence-corrected chi connectivity index (χ2v) is 7.66. The van der Waals surface area contributed by atoms with Gasteiger partial charge < -0.3 is 0 Å². The Morgan fingerprint density at radius 3 is 2.31 bits per heavy atom. The van der Waals surface area contributed by atoms with Gasteiger partial charge in [0.05, 0.1) is 5.25 Å². The summed E-state index contributed by atoms with van der Waals surface area (Å²) in [6.45, 7) is 6.16. The summed E-state index contributed by atoms with van der Waals surface area (Å²) < 4.78 is 25.7. The lowest BCUT2D eigenvalue weighted by Crippen LogP contribution is -2.16. The number of nitrogens with zero attached hydrogens (tertiary/aromatic N) is 2. The van der Waals surface area contributed by atoms with Crippen LogP contribution in [0.15, 0.2) is 11.1 Å². The topological polar surface area (TPSA) is 52.0 Å². The maximum absolute atomic E-state index is 12.0. The molecular formula is C11H18N2O2S. The zero-order valence-electron chi connectivity index (χ0n) is 10.2. The highest BCUT2D eigenvalue weighted by molar-refractivity contribution is 7.92. The Hall–Kier alpha value is -0.840. The molecule has 0 bridgehead atoms. The van der Waals surface area contributed by atoms with Gasteiger partial charge in [-0.25, -0.2) is 8.42 Å². The van der Waals surface area contributed by atoms with Gasteiger partial charge in [0.2, 0.25) is 0 Å². The van der Waals surface area contributed by atoms with E-state index in [1.807, 2.05) is 0 Å². The van der Waals surface area contributed by atoms with Crippen LogP contribution in [-0.2, 0) is 22.3 Å². The lowest BCUT2D eigenvalue weighted by atomic mass is 9.92. The molecule has 0 radical (unpaired) electrons. The minimum absolute atomic E-state index is 0.0843. The third-order valence-electron chi connectivity index (χ3n) is 2.88. The van der Waals surface area contributed by atoms with Crippen LogP contribution in [0.3, 0.4) is 0 Å². The predicted octanol–water partition coefficient (Wildman–Crippen LogP) is 1.65. The van der Waals surface area contributed by atoms with Crippen molar-refractivity contribution in [2.75, 3.05) is 0 Å². The smallest absolute Gasteiger partial charge is 0.200 e. The van der Waals surface area contributed by atoms with E-state index in [4.69, 9.17) is 0 Å². The predicted molar refractivity (Wildman–Crippen MR) is 62.1 cm³/mol. The molecule has 1 aliphatic carbocycles. The van der Waals surface area contributed by atoms with Gasteiger partial charge in [-0.2, -0.15) is 5.10 Å². The Labute approximate surface area is 96.6 Å². The fraction of sp³-hybridized carbons (Fsp3) is 0.727. The lowest BCUT2D eigenvalue weighted by molar-refractivity contribution is 0.520. The van der Waals surface area contributed by atoms with Gasteiger partial charge in [0, 0.05) is 18.2 Å². The molecule has 0 N–H and O–H groups in total. The first-order valence-electron chi connectivity index (χ1n) is 5.51. The number of hydrogen-bond acceptors (Lipinski definition) is 3. The van der Waals surface area contributed by atoms with E-state index in [0.29, 0.717) is 0 Å². The van der Waals surface area contributed by atoms with Gasteiger partial charge in [0.15, 0.2) is 14.9 Å². The summed E-state index contributed by atoms with van der Waals surface area (Å²) in [5.74, 6) is 0. The van der Waals surface area contributed by atoms with Gasteiger partial charge in [0.1, 0.15) is 0 Å². The summed E-state index contributed by atoms with van der Waals surface area (Å²) in [5.41, 5.74) is 0.866. The van der Waals surface area contributed by atoms with Crippen LogP contribution in [-0.4, -0.2) is 23.4 Å². The zero-order chi connectivity index (χ0) is 12.1. The van der Waals surface area contributed by atoms with E-state index in [9.17, 15) is 8.42 Å². The van der Waals surface area contributed by atoms with E-state index in [-0.39, 0.29) is 15.7 Å².